The van der Waals surface area contributed by atoms with Crippen molar-refractivity contribution in [1.82, 2.24) is 14.7 Å². The van der Waals surface area contributed by atoms with Crippen LogP contribution in [-0.4, -0.2) is 46.9 Å². The number of carbonyl (C=O) groups excluding carboxylic acids is 1. The highest BCUT2D eigenvalue weighted by Gasteiger charge is 2.32. The molecule has 2 aliphatic rings. The molecule has 1 aliphatic carbocycles. The van der Waals surface area contributed by atoms with E-state index in [1.807, 2.05) is 12.3 Å². The van der Waals surface area contributed by atoms with Gasteiger partial charge in [0.25, 0.3) is 5.91 Å². The first-order valence-corrected chi connectivity index (χ1v) is 9.11. The Kier molecular flexibility index (Phi) is 5.70. The third-order valence-electron chi connectivity index (χ3n) is 5.35. The quantitative estimate of drug-likeness (QED) is 0.809. The number of hydrogen-bond donors (Lipinski definition) is 0. The van der Waals surface area contributed by atoms with Crippen molar-refractivity contribution in [1.29, 1.82) is 0 Å². The molecule has 1 unspecified atom stereocenters. The van der Waals surface area contributed by atoms with E-state index in [2.05, 4.69) is 10.00 Å². The number of likely N-dealkylation sites (tertiary alicyclic amines) is 1. The number of nitrogens with zero attached hydrogens (tertiary/aromatic N) is 3. The summed E-state index contributed by atoms with van der Waals surface area (Å²) in [5.74, 6) is 0.931. The lowest BCUT2D eigenvalue weighted by atomic mass is 9.84. The van der Waals surface area contributed by atoms with Gasteiger partial charge in [0.05, 0.1) is 13.2 Å². The Morgan fingerprint density at radius 1 is 1.26 bits per heavy atom. The molecule has 1 aromatic rings. The zero-order valence-electron chi connectivity index (χ0n) is 14.2. The van der Waals surface area contributed by atoms with Gasteiger partial charge in [0.2, 0.25) is 0 Å². The lowest BCUT2D eigenvalue weighted by molar-refractivity contribution is 0.0704. The van der Waals surface area contributed by atoms with Crippen molar-refractivity contribution in [2.24, 2.45) is 5.92 Å². The van der Waals surface area contributed by atoms with Gasteiger partial charge in [-0.2, -0.15) is 5.10 Å². The van der Waals surface area contributed by atoms with Gasteiger partial charge in [0, 0.05) is 25.9 Å². The SMILES string of the molecule is COCCn1ccc(C(=O)N2CCCC2CC2CCCCC2)n1. The first-order valence-electron chi connectivity index (χ1n) is 9.11. The van der Waals surface area contributed by atoms with Crippen LogP contribution in [0.1, 0.15) is 61.9 Å². The minimum atomic E-state index is 0.111. The zero-order valence-corrected chi connectivity index (χ0v) is 14.2. The van der Waals surface area contributed by atoms with E-state index in [1.54, 1.807) is 11.8 Å². The Hall–Kier alpha value is -1.36. The summed E-state index contributed by atoms with van der Waals surface area (Å²) in [6.45, 7) is 2.19. The van der Waals surface area contributed by atoms with Gasteiger partial charge in [-0.15, -0.1) is 0 Å². The van der Waals surface area contributed by atoms with Crippen molar-refractivity contribution < 1.29 is 9.53 Å². The smallest absolute Gasteiger partial charge is 0.274 e. The third kappa shape index (κ3) is 4.14. The van der Waals surface area contributed by atoms with Crippen LogP contribution in [0.2, 0.25) is 0 Å². The molecular formula is C18H29N3O2. The van der Waals surface area contributed by atoms with Crippen LogP contribution in [0.3, 0.4) is 0 Å². The average molecular weight is 319 g/mol. The zero-order chi connectivity index (χ0) is 16.1. The molecule has 5 heteroatoms. The van der Waals surface area contributed by atoms with E-state index >= 15 is 0 Å². The lowest BCUT2D eigenvalue weighted by Crippen LogP contribution is -2.37. The molecule has 2 fully saturated rings. The summed E-state index contributed by atoms with van der Waals surface area (Å²) >= 11 is 0. The van der Waals surface area contributed by atoms with Crippen LogP contribution in [0.4, 0.5) is 0 Å². The van der Waals surface area contributed by atoms with Crippen LogP contribution in [-0.2, 0) is 11.3 Å². The number of rotatable bonds is 6. The standard InChI is InChI=1S/C18H29N3O2/c1-23-13-12-20-11-9-17(19-20)18(22)21-10-5-8-16(21)14-15-6-3-2-4-7-15/h9,11,15-16H,2-8,10,12-14H2,1H3. The molecule has 0 N–H and O–H groups in total. The van der Waals surface area contributed by atoms with Gasteiger partial charge < -0.3 is 9.64 Å². The van der Waals surface area contributed by atoms with Crippen LogP contribution in [0, 0.1) is 5.92 Å². The molecule has 5 nitrogen and oxygen atoms in total. The summed E-state index contributed by atoms with van der Waals surface area (Å²) in [6.07, 6.45) is 12.2. The number of amides is 1. The number of aromatic nitrogens is 2. The monoisotopic (exact) mass is 319 g/mol. The molecule has 128 valence electrons. The Balaban J connectivity index is 1.59. The molecule has 1 aliphatic heterocycles. The van der Waals surface area contributed by atoms with E-state index in [9.17, 15) is 4.79 Å². The van der Waals surface area contributed by atoms with Crippen LogP contribution in [0.25, 0.3) is 0 Å². The Bertz CT molecular complexity index is 508. The Morgan fingerprint density at radius 2 is 2.09 bits per heavy atom. The maximum absolute atomic E-state index is 12.8. The highest BCUT2D eigenvalue weighted by atomic mass is 16.5. The van der Waals surface area contributed by atoms with E-state index < -0.39 is 0 Å². The number of ether oxygens (including phenoxy) is 1. The predicted molar refractivity (Wildman–Crippen MR) is 89.4 cm³/mol. The second-order valence-electron chi connectivity index (χ2n) is 6.99. The summed E-state index contributed by atoms with van der Waals surface area (Å²) in [6, 6.07) is 2.27. The number of hydrogen-bond acceptors (Lipinski definition) is 3. The van der Waals surface area contributed by atoms with E-state index in [0.717, 1.165) is 25.3 Å². The van der Waals surface area contributed by atoms with Crippen molar-refractivity contribution >= 4 is 5.91 Å². The number of carbonyl (C=O) groups is 1. The van der Waals surface area contributed by atoms with E-state index in [1.165, 1.54) is 38.5 Å². The molecule has 1 atom stereocenters. The summed E-state index contributed by atoms with van der Waals surface area (Å²) in [5, 5.41) is 4.42. The highest BCUT2D eigenvalue weighted by molar-refractivity contribution is 5.92. The fourth-order valence-corrected chi connectivity index (χ4v) is 4.09. The van der Waals surface area contributed by atoms with E-state index in [0.29, 0.717) is 24.9 Å². The molecule has 3 rings (SSSR count). The molecule has 0 spiro atoms. The van der Waals surface area contributed by atoms with Crippen molar-refractivity contribution in [2.45, 2.75) is 64.0 Å². The molecular weight excluding hydrogens is 290 g/mol. The molecule has 23 heavy (non-hydrogen) atoms. The fraction of sp³-hybridized carbons (Fsp3) is 0.778. The molecule has 1 amide bonds. The Morgan fingerprint density at radius 3 is 2.87 bits per heavy atom. The van der Waals surface area contributed by atoms with Gasteiger partial charge in [-0.25, -0.2) is 0 Å². The van der Waals surface area contributed by atoms with Gasteiger partial charge in [-0.3, -0.25) is 9.48 Å². The maximum Gasteiger partial charge on any atom is 0.274 e. The second-order valence-corrected chi connectivity index (χ2v) is 6.99. The summed E-state index contributed by atoms with van der Waals surface area (Å²) in [7, 11) is 1.68. The van der Waals surface area contributed by atoms with Crippen molar-refractivity contribution in [3.05, 3.63) is 18.0 Å². The minimum Gasteiger partial charge on any atom is -0.383 e. The molecule has 0 aromatic carbocycles. The fourth-order valence-electron chi connectivity index (χ4n) is 4.09. The minimum absolute atomic E-state index is 0.111. The summed E-state index contributed by atoms with van der Waals surface area (Å²) in [5.41, 5.74) is 0.580. The maximum atomic E-state index is 12.8. The average Bonchev–Trinajstić information content (AvgIpc) is 3.22. The Labute approximate surface area is 139 Å². The van der Waals surface area contributed by atoms with Gasteiger partial charge >= 0.3 is 0 Å². The number of methoxy groups -OCH3 is 1. The molecule has 1 aromatic heterocycles. The lowest BCUT2D eigenvalue weighted by Gasteiger charge is -2.29. The van der Waals surface area contributed by atoms with Gasteiger partial charge in [0.15, 0.2) is 0 Å². The first kappa shape index (κ1) is 16.5. The van der Waals surface area contributed by atoms with Crippen LogP contribution >= 0.6 is 0 Å². The van der Waals surface area contributed by atoms with Gasteiger partial charge in [-0.1, -0.05) is 32.1 Å². The summed E-state index contributed by atoms with van der Waals surface area (Å²) in [4.78, 5) is 14.9. The van der Waals surface area contributed by atoms with Crippen molar-refractivity contribution in [2.75, 3.05) is 20.3 Å². The third-order valence-corrected chi connectivity index (χ3v) is 5.35. The predicted octanol–water partition coefficient (Wildman–Crippen LogP) is 3.10. The molecule has 1 saturated heterocycles. The van der Waals surface area contributed by atoms with Gasteiger partial charge in [0.1, 0.15) is 5.69 Å². The van der Waals surface area contributed by atoms with Crippen molar-refractivity contribution in [3.8, 4) is 0 Å². The normalized spacial score (nSPS) is 22.7. The second kappa shape index (κ2) is 7.95. The highest BCUT2D eigenvalue weighted by Crippen LogP contribution is 2.32. The van der Waals surface area contributed by atoms with Crippen LogP contribution in [0.15, 0.2) is 12.3 Å². The first-order chi connectivity index (χ1) is 11.3. The van der Waals surface area contributed by atoms with Gasteiger partial charge in [-0.05, 0) is 31.2 Å². The van der Waals surface area contributed by atoms with Crippen molar-refractivity contribution in [3.63, 3.8) is 0 Å². The molecule has 0 radical (unpaired) electrons. The molecule has 0 bridgehead atoms. The largest absolute Gasteiger partial charge is 0.383 e. The van der Waals surface area contributed by atoms with Crippen LogP contribution in [0.5, 0.6) is 0 Å². The topological polar surface area (TPSA) is 47.4 Å². The molecule has 1 saturated carbocycles. The molecule has 2 heterocycles. The van der Waals surface area contributed by atoms with E-state index in [4.69, 9.17) is 4.74 Å². The summed E-state index contributed by atoms with van der Waals surface area (Å²) < 4.78 is 6.86. The van der Waals surface area contributed by atoms with E-state index in [-0.39, 0.29) is 5.91 Å². The van der Waals surface area contributed by atoms with Crippen LogP contribution < -0.4 is 0 Å².